The second-order valence-corrected chi connectivity index (χ2v) is 4.50. The molecule has 1 heterocycles. The van der Waals surface area contributed by atoms with Crippen LogP contribution >= 0.6 is 11.6 Å². The van der Waals surface area contributed by atoms with E-state index in [9.17, 15) is 0 Å². The van der Waals surface area contributed by atoms with Gasteiger partial charge in [0.15, 0.2) is 0 Å². The van der Waals surface area contributed by atoms with Crippen LogP contribution in [0.25, 0.3) is 11.0 Å². The van der Waals surface area contributed by atoms with E-state index in [0.717, 1.165) is 29.7 Å². The summed E-state index contributed by atoms with van der Waals surface area (Å²) in [6, 6.07) is 10.0. The molecule has 1 aromatic carbocycles. The van der Waals surface area contributed by atoms with Gasteiger partial charge in [-0.05, 0) is 18.6 Å². The first-order valence-corrected chi connectivity index (χ1v) is 6.17. The van der Waals surface area contributed by atoms with Crippen LogP contribution in [0.5, 0.6) is 0 Å². The quantitative estimate of drug-likeness (QED) is 0.779. The number of halogens is 1. The number of para-hydroxylation sites is 2. The summed E-state index contributed by atoms with van der Waals surface area (Å²) < 4.78 is 2.06. The van der Waals surface area contributed by atoms with Crippen LogP contribution in [0.4, 0.5) is 0 Å². The van der Waals surface area contributed by atoms with E-state index >= 15 is 0 Å². The summed E-state index contributed by atoms with van der Waals surface area (Å²) in [4.78, 5) is 4.58. The molecule has 88 valence electrons. The molecule has 3 nitrogen and oxygen atoms in total. The smallest absolute Gasteiger partial charge is 0.138 e. The maximum absolute atomic E-state index is 8.81. The molecule has 0 saturated carbocycles. The molecule has 0 amide bonds. The normalized spacial score (nSPS) is 12.5. The summed E-state index contributed by atoms with van der Waals surface area (Å²) in [5, 5.41) is 8.30. The Kier molecular flexibility index (Phi) is 3.65. The van der Waals surface area contributed by atoms with Crippen LogP contribution in [0.3, 0.4) is 0 Å². The van der Waals surface area contributed by atoms with Crippen LogP contribution in [-0.4, -0.2) is 14.9 Å². The minimum Gasteiger partial charge on any atom is -0.325 e. The highest BCUT2D eigenvalue weighted by atomic mass is 35.5. The first-order chi connectivity index (χ1) is 8.26. The van der Waals surface area contributed by atoms with Crippen molar-refractivity contribution in [3.63, 3.8) is 0 Å². The largest absolute Gasteiger partial charge is 0.325 e. The van der Waals surface area contributed by atoms with Gasteiger partial charge in [0.1, 0.15) is 11.2 Å². The molecule has 2 rings (SSSR count). The van der Waals surface area contributed by atoms with E-state index in [4.69, 9.17) is 16.9 Å². The van der Waals surface area contributed by atoms with Gasteiger partial charge in [0.05, 0.1) is 23.6 Å². The number of rotatable bonds is 4. The van der Waals surface area contributed by atoms with Gasteiger partial charge in [-0.3, -0.25) is 0 Å². The number of alkyl halides is 1. The predicted octanol–water partition coefficient (Wildman–Crippen LogP) is 3.12. The first-order valence-electron chi connectivity index (χ1n) is 5.74. The molecule has 1 unspecified atom stereocenters. The van der Waals surface area contributed by atoms with Gasteiger partial charge in [-0.15, -0.1) is 11.6 Å². The van der Waals surface area contributed by atoms with Crippen molar-refractivity contribution in [2.24, 2.45) is 0 Å². The second-order valence-electron chi connectivity index (χ2n) is 3.97. The summed E-state index contributed by atoms with van der Waals surface area (Å²) in [5.41, 5.74) is 2.02. The third-order valence-corrected chi connectivity index (χ3v) is 2.93. The lowest BCUT2D eigenvalue weighted by atomic mass is 10.3. The van der Waals surface area contributed by atoms with Crippen LogP contribution in [0.1, 0.15) is 19.2 Å². The van der Waals surface area contributed by atoms with Crippen LogP contribution < -0.4 is 0 Å². The van der Waals surface area contributed by atoms with Gasteiger partial charge in [0.25, 0.3) is 0 Å². The molecule has 0 aliphatic rings. The number of nitrogens with zero attached hydrogens (tertiary/aromatic N) is 3. The van der Waals surface area contributed by atoms with Crippen molar-refractivity contribution in [3.8, 4) is 6.07 Å². The van der Waals surface area contributed by atoms with Crippen molar-refractivity contribution >= 4 is 22.6 Å². The van der Waals surface area contributed by atoms with E-state index in [-0.39, 0.29) is 0 Å². The van der Waals surface area contributed by atoms with Gasteiger partial charge in [0, 0.05) is 6.42 Å². The molecule has 17 heavy (non-hydrogen) atoms. The number of hydrogen-bond donors (Lipinski definition) is 0. The molecule has 2 aromatic rings. The van der Waals surface area contributed by atoms with Crippen LogP contribution in [-0.2, 0) is 13.0 Å². The zero-order valence-electron chi connectivity index (χ0n) is 9.73. The van der Waals surface area contributed by atoms with Crippen LogP contribution in [0.15, 0.2) is 24.3 Å². The average Bonchev–Trinajstić information content (AvgIpc) is 2.68. The fourth-order valence-corrected chi connectivity index (χ4v) is 2.08. The number of nitriles is 1. The highest BCUT2D eigenvalue weighted by Crippen LogP contribution is 2.18. The number of aryl methyl sites for hydroxylation is 1. The molecule has 1 atom stereocenters. The molecule has 0 aliphatic heterocycles. The van der Waals surface area contributed by atoms with E-state index in [0.29, 0.717) is 6.54 Å². The highest BCUT2D eigenvalue weighted by molar-refractivity contribution is 6.22. The lowest BCUT2D eigenvalue weighted by molar-refractivity contribution is 0.675. The van der Waals surface area contributed by atoms with E-state index in [1.54, 1.807) is 0 Å². The molecule has 0 radical (unpaired) electrons. The van der Waals surface area contributed by atoms with Crippen molar-refractivity contribution in [1.82, 2.24) is 9.55 Å². The number of fused-ring (bicyclic) bond motifs is 1. The molecule has 0 N–H and O–H groups in total. The molecule has 0 bridgehead atoms. The van der Waals surface area contributed by atoms with E-state index in [2.05, 4.69) is 22.5 Å². The lowest BCUT2D eigenvalue weighted by Crippen LogP contribution is -2.11. The number of benzene rings is 1. The SMILES string of the molecule is CCCc1nc2ccccc2n1CC(Cl)C#N. The molecule has 4 heteroatoms. The summed E-state index contributed by atoms with van der Waals surface area (Å²) in [5.74, 6) is 1.01. The molecule has 0 aliphatic carbocycles. The lowest BCUT2D eigenvalue weighted by Gasteiger charge is -2.08. The highest BCUT2D eigenvalue weighted by Gasteiger charge is 2.12. The van der Waals surface area contributed by atoms with Crippen LogP contribution in [0.2, 0.25) is 0 Å². The van der Waals surface area contributed by atoms with Crippen LogP contribution in [0, 0.1) is 11.3 Å². The third-order valence-electron chi connectivity index (χ3n) is 2.69. The second kappa shape index (κ2) is 5.20. The van der Waals surface area contributed by atoms with Crippen molar-refractivity contribution in [2.75, 3.05) is 0 Å². The molecular formula is C13H14ClN3. The molecule has 1 aromatic heterocycles. The maximum Gasteiger partial charge on any atom is 0.138 e. The Morgan fingerprint density at radius 1 is 1.47 bits per heavy atom. The van der Waals surface area contributed by atoms with Gasteiger partial charge in [0.2, 0.25) is 0 Å². The third kappa shape index (κ3) is 2.42. The zero-order valence-corrected chi connectivity index (χ0v) is 10.5. The number of hydrogen-bond acceptors (Lipinski definition) is 2. The fourth-order valence-electron chi connectivity index (χ4n) is 1.94. The zero-order chi connectivity index (χ0) is 12.3. The van der Waals surface area contributed by atoms with Crippen molar-refractivity contribution in [2.45, 2.75) is 31.7 Å². The van der Waals surface area contributed by atoms with Crippen molar-refractivity contribution in [3.05, 3.63) is 30.1 Å². The Bertz CT molecular complexity index is 553. The Labute approximate surface area is 106 Å². The maximum atomic E-state index is 8.81. The van der Waals surface area contributed by atoms with Crippen molar-refractivity contribution < 1.29 is 0 Å². The van der Waals surface area contributed by atoms with Crippen molar-refractivity contribution in [1.29, 1.82) is 5.26 Å². The average molecular weight is 248 g/mol. The molecule has 0 spiro atoms. The van der Waals surface area contributed by atoms with Gasteiger partial charge in [-0.2, -0.15) is 5.26 Å². The topological polar surface area (TPSA) is 41.6 Å². The molecule has 0 fully saturated rings. The molecule has 0 saturated heterocycles. The van der Waals surface area contributed by atoms with Gasteiger partial charge in [-0.25, -0.2) is 4.98 Å². The molecular weight excluding hydrogens is 234 g/mol. The van der Waals surface area contributed by atoms with Gasteiger partial charge < -0.3 is 4.57 Å². The standard InChI is InChI=1S/C13H14ClN3/c1-2-5-13-16-11-6-3-4-7-12(11)17(13)9-10(14)8-15/h3-4,6-7,10H,2,5,9H2,1H3. The minimum absolute atomic E-state index is 0.494. The van der Waals surface area contributed by atoms with E-state index in [1.807, 2.05) is 24.3 Å². The van der Waals surface area contributed by atoms with Gasteiger partial charge >= 0.3 is 0 Å². The monoisotopic (exact) mass is 247 g/mol. The Balaban J connectivity index is 2.48. The summed E-state index contributed by atoms with van der Waals surface area (Å²) in [6.07, 6.45) is 1.94. The van der Waals surface area contributed by atoms with E-state index in [1.165, 1.54) is 0 Å². The number of aromatic nitrogens is 2. The minimum atomic E-state index is -0.511. The number of imidazole rings is 1. The summed E-state index contributed by atoms with van der Waals surface area (Å²) in [6.45, 7) is 2.61. The Hall–Kier alpha value is -1.53. The Morgan fingerprint density at radius 3 is 2.94 bits per heavy atom. The summed E-state index contributed by atoms with van der Waals surface area (Å²) in [7, 11) is 0. The fraction of sp³-hybridized carbons (Fsp3) is 0.385. The van der Waals surface area contributed by atoms with Gasteiger partial charge in [-0.1, -0.05) is 19.1 Å². The van der Waals surface area contributed by atoms with E-state index < -0.39 is 5.38 Å². The first kappa shape index (κ1) is 11.9. The predicted molar refractivity (Wildman–Crippen MR) is 69.0 cm³/mol. The summed E-state index contributed by atoms with van der Waals surface area (Å²) >= 11 is 5.92. The Morgan fingerprint density at radius 2 is 2.24 bits per heavy atom.